The average Bonchev–Trinajstić information content (AvgIpc) is 2.45. The fourth-order valence-corrected chi connectivity index (χ4v) is 1.60. The zero-order valence-electron chi connectivity index (χ0n) is 12.2. The summed E-state index contributed by atoms with van der Waals surface area (Å²) in [5.74, 6) is -0.370. The quantitative estimate of drug-likeness (QED) is 0.258. The molecule has 0 heterocycles. The number of hydrogen-bond acceptors (Lipinski definition) is 4. The third kappa shape index (κ3) is 5.78. The second-order valence-corrected chi connectivity index (χ2v) is 5.09. The molecule has 21 heavy (non-hydrogen) atoms. The first-order valence-corrected chi connectivity index (χ1v) is 6.67. The van der Waals surface area contributed by atoms with E-state index in [0.717, 1.165) is 0 Å². The Morgan fingerprint density at radius 1 is 1.48 bits per heavy atom. The first kappa shape index (κ1) is 16.9. The summed E-state index contributed by atoms with van der Waals surface area (Å²) >= 11 is 0. The summed E-state index contributed by atoms with van der Waals surface area (Å²) in [4.78, 5) is 11.5. The molecular formula is C14H21FN4O2. The molecule has 0 atom stereocenters. The van der Waals surface area contributed by atoms with Crippen molar-refractivity contribution in [1.29, 1.82) is 0 Å². The van der Waals surface area contributed by atoms with E-state index in [4.69, 9.17) is 10.9 Å². The molecule has 0 fully saturated rings. The zero-order chi connectivity index (χ0) is 15.8. The molecule has 116 valence electrons. The van der Waals surface area contributed by atoms with Gasteiger partial charge in [0.1, 0.15) is 5.82 Å². The zero-order valence-corrected chi connectivity index (χ0v) is 12.2. The minimum absolute atomic E-state index is 0.119. The molecule has 0 aliphatic rings. The highest BCUT2D eigenvalue weighted by atomic mass is 19.1. The van der Waals surface area contributed by atoms with Crippen molar-refractivity contribution >= 4 is 11.7 Å². The van der Waals surface area contributed by atoms with E-state index in [2.05, 4.69) is 15.8 Å². The highest BCUT2D eigenvalue weighted by Gasteiger charge is 2.07. The molecule has 7 heteroatoms. The number of rotatable bonds is 7. The van der Waals surface area contributed by atoms with Crippen LogP contribution in [0.5, 0.6) is 0 Å². The fourth-order valence-electron chi connectivity index (χ4n) is 1.60. The molecule has 1 rings (SSSR count). The lowest BCUT2D eigenvalue weighted by Crippen LogP contribution is -2.35. The molecule has 1 amide bonds. The standard InChI is InChI=1S/C14H21FN4O2/c1-9(2)6-18-13(20)8-17-7-11-4-3-10(5-12(11)15)14(16)19-21/h3-5,9,17,21H,6-8H2,1-2H3,(H2,16,19)(H,18,20). The van der Waals surface area contributed by atoms with Crippen molar-refractivity contribution in [2.45, 2.75) is 20.4 Å². The Morgan fingerprint density at radius 3 is 2.76 bits per heavy atom. The van der Waals surface area contributed by atoms with Gasteiger partial charge >= 0.3 is 0 Å². The smallest absolute Gasteiger partial charge is 0.233 e. The van der Waals surface area contributed by atoms with Gasteiger partial charge in [0, 0.05) is 24.2 Å². The van der Waals surface area contributed by atoms with Crippen LogP contribution in [0.3, 0.4) is 0 Å². The van der Waals surface area contributed by atoms with Gasteiger partial charge in [0.15, 0.2) is 5.84 Å². The maximum absolute atomic E-state index is 13.8. The molecular weight excluding hydrogens is 275 g/mol. The molecule has 1 aromatic rings. The SMILES string of the molecule is CC(C)CNC(=O)CNCc1ccc(/C(N)=N/O)cc1F. The van der Waals surface area contributed by atoms with Gasteiger partial charge in [0.05, 0.1) is 6.54 Å². The Bertz CT molecular complexity index is 518. The highest BCUT2D eigenvalue weighted by molar-refractivity contribution is 5.97. The molecule has 6 nitrogen and oxygen atoms in total. The number of hydrogen-bond donors (Lipinski definition) is 4. The molecule has 0 aliphatic carbocycles. The molecule has 0 saturated heterocycles. The van der Waals surface area contributed by atoms with Crippen LogP contribution in [0.4, 0.5) is 4.39 Å². The second-order valence-electron chi connectivity index (χ2n) is 5.09. The number of carbonyl (C=O) groups excluding carboxylic acids is 1. The average molecular weight is 296 g/mol. The van der Waals surface area contributed by atoms with E-state index < -0.39 is 5.82 Å². The molecule has 0 radical (unpaired) electrons. The summed E-state index contributed by atoms with van der Waals surface area (Å²) in [6, 6.07) is 4.26. The van der Waals surface area contributed by atoms with Crippen LogP contribution in [0.25, 0.3) is 0 Å². The third-order valence-corrected chi connectivity index (χ3v) is 2.77. The number of nitrogens with one attached hydrogen (secondary N) is 2. The van der Waals surface area contributed by atoms with Crippen molar-refractivity contribution in [2.24, 2.45) is 16.8 Å². The minimum atomic E-state index is -0.478. The van der Waals surface area contributed by atoms with Crippen LogP contribution in [0.2, 0.25) is 0 Å². The van der Waals surface area contributed by atoms with Crippen LogP contribution in [-0.2, 0) is 11.3 Å². The van der Waals surface area contributed by atoms with Crippen molar-refractivity contribution in [3.8, 4) is 0 Å². The van der Waals surface area contributed by atoms with Crippen molar-refractivity contribution in [3.05, 3.63) is 35.1 Å². The molecule has 0 bridgehead atoms. The molecule has 0 aromatic heterocycles. The van der Waals surface area contributed by atoms with Crippen LogP contribution >= 0.6 is 0 Å². The Hall–Kier alpha value is -2.15. The number of benzene rings is 1. The number of carbonyl (C=O) groups is 1. The minimum Gasteiger partial charge on any atom is -0.409 e. The molecule has 1 aromatic carbocycles. The van der Waals surface area contributed by atoms with Crippen molar-refractivity contribution < 1.29 is 14.4 Å². The fraction of sp³-hybridized carbons (Fsp3) is 0.429. The van der Waals surface area contributed by atoms with Crippen LogP contribution < -0.4 is 16.4 Å². The van der Waals surface area contributed by atoms with E-state index in [1.807, 2.05) is 13.8 Å². The van der Waals surface area contributed by atoms with Gasteiger partial charge in [-0.3, -0.25) is 4.79 Å². The number of nitrogens with two attached hydrogens (primary N) is 1. The normalized spacial score (nSPS) is 11.7. The first-order chi connectivity index (χ1) is 9.93. The molecule has 0 spiro atoms. The molecule has 0 aliphatic heterocycles. The van der Waals surface area contributed by atoms with Gasteiger partial charge in [-0.2, -0.15) is 0 Å². The van der Waals surface area contributed by atoms with Gasteiger partial charge in [-0.1, -0.05) is 31.1 Å². The lowest BCUT2D eigenvalue weighted by Gasteiger charge is -2.09. The maximum atomic E-state index is 13.8. The third-order valence-electron chi connectivity index (χ3n) is 2.77. The summed E-state index contributed by atoms with van der Waals surface area (Å²) in [6.45, 7) is 4.97. The van der Waals surface area contributed by atoms with Crippen LogP contribution in [0.1, 0.15) is 25.0 Å². The molecule has 0 unspecified atom stereocenters. The number of nitrogens with zero attached hydrogens (tertiary/aromatic N) is 1. The van der Waals surface area contributed by atoms with Crippen molar-refractivity contribution in [3.63, 3.8) is 0 Å². The predicted octanol–water partition coefficient (Wildman–Crippen LogP) is 0.782. The van der Waals surface area contributed by atoms with E-state index in [1.165, 1.54) is 12.1 Å². The Balaban J connectivity index is 2.47. The van der Waals surface area contributed by atoms with E-state index in [1.54, 1.807) is 6.07 Å². The largest absolute Gasteiger partial charge is 0.409 e. The van der Waals surface area contributed by atoms with E-state index in [9.17, 15) is 9.18 Å². The highest BCUT2D eigenvalue weighted by Crippen LogP contribution is 2.10. The van der Waals surface area contributed by atoms with E-state index in [-0.39, 0.29) is 24.8 Å². The summed E-state index contributed by atoms with van der Waals surface area (Å²) in [6.07, 6.45) is 0. The van der Waals surface area contributed by atoms with Crippen LogP contribution in [-0.4, -0.2) is 30.0 Å². The van der Waals surface area contributed by atoms with E-state index >= 15 is 0 Å². The monoisotopic (exact) mass is 296 g/mol. The number of amidine groups is 1. The van der Waals surface area contributed by atoms with Gasteiger partial charge < -0.3 is 21.6 Å². The summed E-state index contributed by atoms with van der Waals surface area (Å²) in [5, 5.41) is 17.0. The molecule has 5 N–H and O–H groups in total. The molecule has 0 saturated carbocycles. The lowest BCUT2D eigenvalue weighted by atomic mass is 10.1. The van der Waals surface area contributed by atoms with Crippen molar-refractivity contribution in [1.82, 2.24) is 10.6 Å². The van der Waals surface area contributed by atoms with Crippen LogP contribution in [0.15, 0.2) is 23.4 Å². The Kier molecular flexibility index (Phi) is 6.61. The summed E-state index contributed by atoms with van der Waals surface area (Å²) < 4.78 is 13.8. The van der Waals surface area contributed by atoms with Gasteiger partial charge in [-0.25, -0.2) is 4.39 Å². The first-order valence-electron chi connectivity index (χ1n) is 6.67. The Labute approximate surface area is 123 Å². The van der Waals surface area contributed by atoms with Crippen molar-refractivity contribution in [2.75, 3.05) is 13.1 Å². The van der Waals surface area contributed by atoms with Gasteiger partial charge in [-0.05, 0) is 12.0 Å². The van der Waals surface area contributed by atoms with Gasteiger partial charge in [0.2, 0.25) is 5.91 Å². The number of amides is 1. The van der Waals surface area contributed by atoms with Gasteiger partial charge in [-0.15, -0.1) is 0 Å². The van der Waals surface area contributed by atoms with Gasteiger partial charge in [0.25, 0.3) is 0 Å². The number of oxime groups is 1. The maximum Gasteiger partial charge on any atom is 0.233 e. The predicted molar refractivity (Wildman–Crippen MR) is 78.5 cm³/mol. The Morgan fingerprint density at radius 2 is 2.19 bits per heavy atom. The second kappa shape index (κ2) is 8.21. The number of halogens is 1. The topological polar surface area (TPSA) is 99.7 Å². The van der Waals surface area contributed by atoms with E-state index in [0.29, 0.717) is 23.6 Å². The summed E-state index contributed by atoms with van der Waals surface area (Å²) in [5.41, 5.74) is 6.08. The summed E-state index contributed by atoms with van der Waals surface area (Å²) in [7, 11) is 0. The van der Waals surface area contributed by atoms with Crippen LogP contribution in [0, 0.1) is 11.7 Å². The lowest BCUT2D eigenvalue weighted by molar-refractivity contribution is -0.120.